The minimum atomic E-state index is -0.468. The summed E-state index contributed by atoms with van der Waals surface area (Å²) in [6, 6.07) is 6.39. The molecule has 1 rings (SSSR count). The van der Waals surface area contributed by atoms with Crippen molar-refractivity contribution < 1.29 is 9.50 Å². The molecule has 0 spiro atoms. The maximum absolute atomic E-state index is 12.9. The Morgan fingerprint density at radius 1 is 1.50 bits per heavy atom. The van der Waals surface area contributed by atoms with Crippen molar-refractivity contribution >= 4 is 5.69 Å². The number of rotatable bonds is 3. The van der Waals surface area contributed by atoms with Crippen LogP contribution >= 0.6 is 0 Å². The van der Waals surface area contributed by atoms with Crippen molar-refractivity contribution in [3.63, 3.8) is 0 Å². The van der Waals surface area contributed by atoms with Crippen molar-refractivity contribution in [1.82, 2.24) is 0 Å². The molecule has 0 aromatic heterocycles. The highest BCUT2D eigenvalue weighted by Gasteiger charge is 2.00. The summed E-state index contributed by atoms with van der Waals surface area (Å²) in [4.78, 5) is 0. The van der Waals surface area contributed by atoms with Gasteiger partial charge in [-0.2, -0.15) is 0 Å². The van der Waals surface area contributed by atoms with Gasteiger partial charge >= 0.3 is 0 Å². The molecule has 0 radical (unpaired) electrons. The van der Waals surface area contributed by atoms with Crippen molar-refractivity contribution in [1.29, 1.82) is 0 Å². The smallest absolute Gasteiger partial charge is 0.146 e. The van der Waals surface area contributed by atoms with Gasteiger partial charge in [0.15, 0.2) is 0 Å². The number of halogens is 1. The fourth-order valence-electron chi connectivity index (χ4n) is 0.862. The molecule has 66 valence electrons. The van der Waals surface area contributed by atoms with Crippen LogP contribution in [-0.4, -0.2) is 17.8 Å². The zero-order chi connectivity index (χ0) is 8.97. The highest BCUT2D eigenvalue weighted by molar-refractivity contribution is 5.44. The zero-order valence-electron chi connectivity index (χ0n) is 6.92. The summed E-state index contributed by atoms with van der Waals surface area (Å²) < 4.78 is 12.9. The number of para-hydroxylation sites is 1. The van der Waals surface area contributed by atoms with Crippen LogP contribution in [0.2, 0.25) is 0 Å². The highest BCUT2D eigenvalue weighted by atomic mass is 19.1. The van der Waals surface area contributed by atoms with Gasteiger partial charge in [0.05, 0.1) is 11.8 Å². The van der Waals surface area contributed by atoms with Gasteiger partial charge < -0.3 is 10.4 Å². The maximum atomic E-state index is 12.9. The molecule has 0 bridgehead atoms. The number of hydrogen-bond donors (Lipinski definition) is 2. The minimum Gasteiger partial charge on any atom is -0.392 e. The lowest BCUT2D eigenvalue weighted by Crippen LogP contribution is -2.15. The van der Waals surface area contributed by atoms with Crippen LogP contribution in [0.1, 0.15) is 6.92 Å². The maximum Gasteiger partial charge on any atom is 0.146 e. The van der Waals surface area contributed by atoms with Gasteiger partial charge in [0.1, 0.15) is 5.82 Å². The normalized spacial score (nSPS) is 12.6. The van der Waals surface area contributed by atoms with E-state index in [1.807, 2.05) is 0 Å². The molecular formula is C9H12FNO. The summed E-state index contributed by atoms with van der Waals surface area (Å²) >= 11 is 0. The van der Waals surface area contributed by atoms with E-state index < -0.39 is 6.10 Å². The van der Waals surface area contributed by atoms with E-state index in [0.717, 1.165) is 0 Å². The average molecular weight is 169 g/mol. The molecular weight excluding hydrogens is 157 g/mol. The molecule has 2 N–H and O–H groups in total. The Morgan fingerprint density at radius 2 is 2.17 bits per heavy atom. The van der Waals surface area contributed by atoms with E-state index in [0.29, 0.717) is 12.2 Å². The van der Waals surface area contributed by atoms with Gasteiger partial charge in [0, 0.05) is 6.54 Å². The van der Waals surface area contributed by atoms with Crippen molar-refractivity contribution in [3.05, 3.63) is 30.1 Å². The molecule has 2 nitrogen and oxygen atoms in total. The number of anilines is 1. The number of benzene rings is 1. The lowest BCUT2D eigenvalue weighted by atomic mass is 10.3. The monoisotopic (exact) mass is 169 g/mol. The van der Waals surface area contributed by atoms with Crippen molar-refractivity contribution in [2.24, 2.45) is 0 Å². The van der Waals surface area contributed by atoms with E-state index in [4.69, 9.17) is 5.11 Å². The Bertz CT molecular complexity index is 250. The van der Waals surface area contributed by atoms with E-state index in [1.165, 1.54) is 6.07 Å². The SMILES string of the molecule is C[C@H](O)CNc1ccccc1F. The van der Waals surface area contributed by atoms with Crippen molar-refractivity contribution in [2.45, 2.75) is 13.0 Å². The second kappa shape index (κ2) is 4.07. The fraction of sp³-hybridized carbons (Fsp3) is 0.333. The molecule has 1 aromatic rings. The largest absolute Gasteiger partial charge is 0.392 e. The molecule has 1 aromatic carbocycles. The van der Waals surface area contributed by atoms with Crippen LogP contribution in [0, 0.1) is 5.82 Å². The first-order valence-corrected chi connectivity index (χ1v) is 3.86. The molecule has 0 saturated carbocycles. The van der Waals surface area contributed by atoms with Gasteiger partial charge in [-0.1, -0.05) is 12.1 Å². The Kier molecular flexibility index (Phi) is 3.05. The Morgan fingerprint density at radius 3 is 2.75 bits per heavy atom. The standard InChI is InChI=1S/C9H12FNO/c1-7(12)6-11-9-5-3-2-4-8(9)10/h2-5,7,11-12H,6H2,1H3/t7-/m0/s1. The molecule has 0 saturated heterocycles. The van der Waals surface area contributed by atoms with Crippen LogP contribution in [0.15, 0.2) is 24.3 Å². The second-order valence-electron chi connectivity index (χ2n) is 2.71. The van der Waals surface area contributed by atoms with Crippen LogP contribution in [0.4, 0.5) is 10.1 Å². The zero-order valence-corrected chi connectivity index (χ0v) is 6.92. The number of aliphatic hydroxyl groups is 1. The average Bonchev–Trinajstić information content (AvgIpc) is 2.03. The Hall–Kier alpha value is -1.09. The molecule has 0 heterocycles. The third-order valence-electron chi connectivity index (χ3n) is 1.46. The van der Waals surface area contributed by atoms with Crippen molar-refractivity contribution in [2.75, 3.05) is 11.9 Å². The molecule has 0 aliphatic rings. The molecule has 3 heteroatoms. The van der Waals surface area contributed by atoms with E-state index >= 15 is 0 Å². The van der Waals surface area contributed by atoms with Gasteiger partial charge in [-0.05, 0) is 19.1 Å². The Labute approximate surface area is 71.0 Å². The predicted molar refractivity (Wildman–Crippen MR) is 46.6 cm³/mol. The van der Waals surface area contributed by atoms with Crippen LogP contribution in [-0.2, 0) is 0 Å². The Balaban J connectivity index is 2.57. The summed E-state index contributed by atoms with van der Waals surface area (Å²) in [5.41, 5.74) is 0.429. The van der Waals surface area contributed by atoms with Gasteiger partial charge in [-0.25, -0.2) is 4.39 Å². The molecule has 0 aliphatic carbocycles. The van der Waals surface area contributed by atoms with E-state index in [2.05, 4.69) is 5.32 Å². The quantitative estimate of drug-likeness (QED) is 0.720. The first kappa shape index (κ1) is 9.00. The summed E-state index contributed by atoms with van der Waals surface area (Å²) in [6.07, 6.45) is -0.468. The molecule has 1 atom stereocenters. The number of aliphatic hydroxyl groups excluding tert-OH is 1. The lowest BCUT2D eigenvalue weighted by Gasteiger charge is -2.08. The minimum absolute atomic E-state index is 0.293. The molecule has 12 heavy (non-hydrogen) atoms. The van der Waals surface area contributed by atoms with Crippen LogP contribution < -0.4 is 5.32 Å². The van der Waals surface area contributed by atoms with Crippen molar-refractivity contribution in [3.8, 4) is 0 Å². The van der Waals surface area contributed by atoms with Gasteiger partial charge in [0.2, 0.25) is 0 Å². The topological polar surface area (TPSA) is 32.3 Å². The van der Waals surface area contributed by atoms with Crippen LogP contribution in [0.5, 0.6) is 0 Å². The summed E-state index contributed by atoms with van der Waals surface area (Å²) in [7, 11) is 0. The van der Waals surface area contributed by atoms with E-state index in [-0.39, 0.29) is 5.82 Å². The van der Waals surface area contributed by atoms with Gasteiger partial charge in [0.25, 0.3) is 0 Å². The molecule has 0 amide bonds. The van der Waals surface area contributed by atoms with Crippen LogP contribution in [0.25, 0.3) is 0 Å². The van der Waals surface area contributed by atoms with Crippen LogP contribution in [0.3, 0.4) is 0 Å². The number of hydrogen-bond acceptors (Lipinski definition) is 2. The lowest BCUT2D eigenvalue weighted by molar-refractivity contribution is 0.208. The molecule has 0 unspecified atom stereocenters. The number of nitrogens with one attached hydrogen (secondary N) is 1. The first-order chi connectivity index (χ1) is 5.70. The van der Waals surface area contributed by atoms with Gasteiger partial charge in [-0.15, -0.1) is 0 Å². The highest BCUT2D eigenvalue weighted by Crippen LogP contribution is 2.11. The molecule has 0 fully saturated rings. The molecule has 0 aliphatic heterocycles. The third-order valence-corrected chi connectivity index (χ3v) is 1.46. The summed E-state index contributed by atoms with van der Waals surface area (Å²) in [5, 5.41) is 11.7. The summed E-state index contributed by atoms with van der Waals surface area (Å²) in [5.74, 6) is -0.293. The predicted octanol–water partition coefficient (Wildman–Crippen LogP) is 1.62. The fourth-order valence-corrected chi connectivity index (χ4v) is 0.862. The first-order valence-electron chi connectivity index (χ1n) is 3.86. The van der Waals surface area contributed by atoms with Gasteiger partial charge in [-0.3, -0.25) is 0 Å². The van der Waals surface area contributed by atoms with E-state index in [1.54, 1.807) is 25.1 Å². The third kappa shape index (κ3) is 2.51. The summed E-state index contributed by atoms with van der Waals surface area (Å²) in [6.45, 7) is 2.01. The van der Waals surface area contributed by atoms with E-state index in [9.17, 15) is 4.39 Å². The second-order valence-corrected chi connectivity index (χ2v) is 2.71.